The molecule has 1 saturated heterocycles. The largest absolute Gasteiger partial charge is 0.357 e. The van der Waals surface area contributed by atoms with E-state index in [0.717, 1.165) is 54.8 Å². The minimum atomic E-state index is 0. The topological polar surface area (TPSA) is 87.4 Å². The maximum atomic E-state index is 11.9. The number of aliphatic imine (C=N–C) groups is 1. The normalized spacial score (nSPS) is 16.3. The minimum Gasteiger partial charge on any atom is -0.357 e. The first-order valence-corrected chi connectivity index (χ1v) is 10.3. The van der Waals surface area contributed by atoms with Crippen LogP contribution in [0.3, 0.4) is 0 Å². The Balaban J connectivity index is 0.00000320. The van der Waals surface area contributed by atoms with Gasteiger partial charge in [-0.15, -0.1) is 24.0 Å². The maximum Gasteiger partial charge on any atom is 0.222 e. The van der Waals surface area contributed by atoms with E-state index in [2.05, 4.69) is 25.7 Å². The molecule has 1 aliphatic heterocycles. The number of carbonyl (C=O) groups excluding carboxylic acids is 1. The van der Waals surface area contributed by atoms with Gasteiger partial charge in [-0.3, -0.25) is 4.79 Å². The highest BCUT2D eigenvalue weighted by molar-refractivity contribution is 14.0. The van der Waals surface area contributed by atoms with E-state index in [9.17, 15) is 4.79 Å². The van der Waals surface area contributed by atoms with E-state index in [0.29, 0.717) is 13.0 Å². The second-order valence-electron chi connectivity index (χ2n) is 7.38. The van der Waals surface area contributed by atoms with Gasteiger partial charge in [0.05, 0.1) is 12.2 Å². The smallest absolute Gasteiger partial charge is 0.222 e. The highest BCUT2D eigenvalue weighted by atomic mass is 127. The summed E-state index contributed by atoms with van der Waals surface area (Å²) in [4.78, 5) is 23.0. The van der Waals surface area contributed by atoms with Gasteiger partial charge in [-0.25, -0.2) is 14.7 Å². The Morgan fingerprint density at radius 1 is 1.30 bits per heavy atom. The highest BCUT2D eigenvalue weighted by Crippen LogP contribution is 2.12. The number of halogens is 1. The van der Waals surface area contributed by atoms with Gasteiger partial charge in [-0.1, -0.05) is 13.0 Å². The van der Waals surface area contributed by atoms with Crippen molar-refractivity contribution in [2.24, 2.45) is 4.99 Å². The Labute approximate surface area is 195 Å². The van der Waals surface area contributed by atoms with Crippen molar-refractivity contribution in [3.05, 3.63) is 41.3 Å². The van der Waals surface area contributed by atoms with Gasteiger partial charge in [0, 0.05) is 44.0 Å². The van der Waals surface area contributed by atoms with E-state index in [-0.39, 0.29) is 35.9 Å². The fourth-order valence-corrected chi connectivity index (χ4v) is 3.51. The summed E-state index contributed by atoms with van der Waals surface area (Å²) in [6, 6.07) is 6.26. The zero-order valence-electron chi connectivity index (χ0n) is 18.2. The number of nitrogens with one attached hydrogen (secondary N) is 2. The summed E-state index contributed by atoms with van der Waals surface area (Å²) >= 11 is 0. The first kappa shape index (κ1) is 24.1. The molecule has 8 nitrogen and oxygen atoms in total. The number of rotatable bonds is 6. The summed E-state index contributed by atoms with van der Waals surface area (Å²) < 4.78 is 1.84. The summed E-state index contributed by atoms with van der Waals surface area (Å²) in [5.74, 6) is 1.79. The van der Waals surface area contributed by atoms with Crippen molar-refractivity contribution in [3.63, 3.8) is 0 Å². The number of hydrogen-bond acceptors (Lipinski definition) is 4. The molecular formula is C21H32IN7O. The van der Waals surface area contributed by atoms with Crippen LogP contribution in [0.25, 0.3) is 5.82 Å². The molecule has 2 N–H and O–H groups in total. The third kappa shape index (κ3) is 6.16. The molecule has 1 aliphatic rings. The first-order chi connectivity index (χ1) is 14.0. The third-order valence-electron chi connectivity index (χ3n) is 4.98. The standard InChI is InChI=1S/C21H31N7O.HI/c1-5-20(29)27-10-9-18(14-27)25-21(22-6-2)24-13-17-7-8-19(23-12-17)28-16(4)11-15(3)26-28;/h7-8,11-12,18H,5-6,9-10,13-14H2,1-4H3,(H2,22,24,25);1H. The maximum absolute atomic E-state index is 11.9. The summed E-state index contributed by atoms with van der Waals surface area (Å²) in [6.45, 7) is 10.8. The van der Waals surface area contributed by atoms with Crippen LogP contribution in [0.15, 0.2) is 29.4 Å². The summed E-state index contributed by atoms with van der Waals surface area (Å²) in [6.07, 6.45) is 3.34. The van der Waals surface area contributed by atoms with E-state index < -0.39 is 0 Å². The van der Waals surface area contributed by atoms with Crippen LogP contribution in [0, 0.1) is 13.8 Å². The third-order valence-corrected chi connectivity index (χ3v) is 4.98. The van der Waals surface area contributed by atoms with Crippen molar-refractivity contribution in [3.8, 4) is 5.82 Å². The van der Waals surface area contributed by atoms with Crippen LogP contribution < -0.4 is 10.6 Å². The number of nitrogens with zero attached hydrogens (tertiary/aromatic N) is 5. The molecule has 3 rings (SSSR count). The Bertz CT molecular complexity index is 863. The SMILES string of the molecule is CCNC(=NCc1ccc(-n2nc(C)cc2C)nc1)NC1CCN(C(=O)CC)C1.I. The van der Waals surface area contributed by atoms with E-state index in [1.807, 2.05) is 61.7 Å². The lowest BCUT2D eigenvalue weighted by Gasteiger charge is -2.18. The van der Waals surface area contributed by atoms with Gasteiger partial charge >= 0.3 is 0 Å². The van der Waals surface area contributed by atoms with Crippen LogP contribution in [0.4, 0.5) is 0 Å². The minimum absolute atomic E-state index is 0. The monoisotopic (exact) mass is 525 g/mol. The number of amides is 1. The lowest BCUT2D eigenvalue weighted by atomic mass is 10.2. The van der Waals surface area contributed by atoms with Gasteiger partial charge < -0.3 is 15.5 Å². The summed E-state index contributed by atoms with van der Waals surface area (Å²) in [5, 5.41) is 11.2. The predicted octanol–water partition coefficient (Wildman–Crippen LogP) is 2.57. The summed E-state index contributed by atoms with van der Waals surface area (Å²) in [7, 11) is 0. The molecular weight excluding hydrogens is 493 g/mol. The van der Waals surface area contributed by atoms with Gasteiger partial charge in [0.25, 0.3) is 0 Å². The van der Waals surface area contributed by atoms with Gasteiger partial charge in [-0.2, -0.15) is 5.10 Å². The van der Waals surface area contributed by atoms with Crippen LogP contribution >= 0.6 is 24.0 Å². The molecule has 2 aromatic heterocycles. The fourth-order valence-electron chi connectivity index (χ4n) is 3.51. The van der Waals surface area contributed by atoms with Gasteiger partial charge in [0.2, 0.25) is 5.91 Å². The van der Waals surface area contributed by atoms with Crippen LogP contribution in [0.2, 0.25) is 0 Å². The van der Waals surface area contributed by atoms with Crippen LogP contribution in [0.5, 0.6) is 0 Å². The summed E-state index contributed by atoms with van der Waals surface area (Å²) in [5.41, 5.74) is 3.07. The van der Waals surface area contributed by atoms with E-state index in [1.54, 1.807) is 0 Å². The van der Waals surface area contributed by atoms with Crippen molar-refractivity contribution in [2.75, 3.05) is 19.6 Å². The molecule has 2 aromatic rings. The van der Waals surface area contributed by atoms with Crippen LogP contribution in [0.1, 0.15) is 43.6 Å². The molecule has 0 radical (unpaired) electrons. The quantitative estimate of drug-likeness (QED) is 0.344. The van der Waals surface area contributed by atoms with E-state index >= 15 is 0 Å². The zero-order chi connectivity index (χ0) is 20.8. The molecule has 1 atom stereocenters. The van der Waals surface area contributed by atoms with Crippen molar-refractivity contribution in [1.82, 2.24) is 30.3 Å². The van der Waals surface area contributed by atoms with Gasteiger partial charge in [0.15, 0.2) is 11.8 Å². The molecule has 30 heavy (non-hydrogen) atoms. The molecule has 0 aliphatic carbocycles. The molecule has 9 heteroatoms. The van der Waals surface area contributed by atoms with Gasteiger partial charge in [0.1, 0.15) is 0 Å². The van der Waals surface area contributed by atoms with Crippen LogP contribution in [-0.2, 0) is 11.3 Å². The number of carbonyl (C=O) groups is 1. The average molecular weight is 525 g/mol. The second kappa shape index (κ2) is 11.3. The lowest BCUT2D eigenvalue weighted by molar-refractivity contribution is -0.129. The molecule has 0 spiro atoms. The van der Waals surface area contributed by atoms with Crippen molar-refractivity contribution >= 4 is 35.8 Å². The zero-order valence-corrected chi connectivity index (χ0v) is 20.5. The number of likely N-dealkylation sites (tertiary alicyclic amines) is 1. The lowest BCUT2D eigenvalue weighted by Crippen LogP contribution is -2.45. The molecule has 1 unspecified atom stereocenters. The molecule has 1 amide bonds. The number of pyridine rings is 1. The fraction of sp³-hybridized carbons (Fsp3) is 0.524. The molecule has 1 fully saturated rings. The molecule has 0 bridgehead atoms. The number of aromatic nitrogens is 3. The predicted molar refractivity (Wildman–Crippen MR) is 129 cm³/mol. The van der Waals surface area contributed by atoms with E-state index in [1.165, 1.54) is 0 Å². The Morgan fingerprint density at radius 2 is 2.10 bits per heavy atom. The average Bonchev–Trinajstić information content (AvgIpc) is 3.32. The van der Waals surface area contributed by atoms with Crippen molar-refractivity contribution < 1.29 is 4.79 Å². The Hall–Kier alpha value is -2.17. The molecule has 3 heterocycles. The Morgan fingerprint density at radius 3 is 2.70 bits per heavy atom. The van der Waals surface area contributed by atoms with Gasteiger partial charge in [-0.05, 0) is 44.9 Å². The highest BCUT2D eigenvalue weighted by Gasteiger charge is 2.25. The molecule has 0 aromatic carbocycles. The van der Waals surface area contributed by atoms with Crippen molar-refractivity contribution in [1.29, 1.82) is 0 Å². The second-order valence-corrected chi connectivity index (χ2v) is 7.38. The Kier molecular flexibility index (Phi) is 9.07. The molecule has 164 valence electrons. The van der Waals surface area contributed by atoms with E-state index in [4.69, 9.17) is 0 Å². The first-order valence-electron chi connectivity index (χ1n) is 10.3. The van der Waals surface area contributed by atoms with Crippen LogP contribution in [-0.4, -0.2) is 57.2 Å². The molecule has 0 saturated carbocycles. The number of aryl methyl sites for hydroxylation is 2. The van der Waals surface area contributed by atoms with Crippen molar-refractivity contribution in [2.45, 2.75) is 53.1 Å². The number of hydrogen-bond donors (Lipinski definition) is 2. The number of guanidine groups is 1.